The smallest absolute Gasteiger partial charge is 0.303 e. The SMILES string of the molecule is CN(C)S(=O)(=O)N1CCOc2ccc(C(O)CN(CCOc3ccc4c(c3)[nH]c3ccccc34)Cc3ccccc3)cc21. The van der Waals surface area contributed by atoms with Gasteiger partial charge in [0.1, 0.15) is 24.7 Å². The van der Waals surface area contributed by atoms with Gasteiger partial charge in [0, 0.05) is 56.1 Å². The molecule has 4 aromatic carbocycles. The quantitative estimate of drug-likeness (QED) is 0.223. The van der Waals surface area contributed by atoms with Gasteiger partial charge in [0.2, 0.25) is 0 Å². The summed E-state index contributed by atoms with van der Waals surface area (Å²) in [6.45, 7) is 2.43. The molecular formula is C33H36N4O5S. The Kier molecular flexibility index (Phi) is 8.27. The van der Waals surface area contributed by atoms with Gasteiger partial charge < -0.3 is 19.6 Å². The van der Waals surface area contributed by atoms with Crippen molar-refractivity contribution in [1.82, 2.24) is 14.2 Å². The van der Waals surface area contributed by atoms with Crippen molar-refractivity contribution in [2.75, 3.05) is 51.2 Å². The van der Waals surface area contributed by atoms with Crippen LogP contribution in [-0.4, -0.2) is 74.7 Å². The van der Waals surface area contributed by atoms with Crippen LogP contribution in [0.5, 0.6) is 11.5 Å². The van der Waals surface area contributed by atoms with Crippen LogP contribution in [0.4, 0.5) is 5.69 Å². The molecule has 5 aromatic rings. The highest BCUT2D eigenvalue weighted by molar-refractivity contribution is 7.90. The van der Waals surface area contributed by atoms with Crippen LogP contribution in [0.1, 0.15) is 17.2 Å². The minimum atomic E-state index is -3.70. The van der Waals surface area contributed by atoms with Crippen molar-refractivity contribution >= 4 is 37.7 Å². The van der Waals surface area contributed by atoms with Crippen molar-refractivity contribution in [3.63, 3.8) is 0 Å². The maximum atomic E-state index is 13.0. The summed E-state index contributed by atoms with van der Waals surface area (Å²) in [5, 5.41) is 13.7. The van der Waals surface area contributed by atoms with Gasteiger partial charge in [0.15, 0.2) is 0 Å². The average Bonchev–Trinajstić information content (AvgIpc) is 3.38. The summed E-state index contributed by atoms with van der Waals surface area (Å²) in [6.07, 6.45) is -0.859. The molecule has 2 heterocycles. The van der Waals surface area contributed by atoms with Crippen molar-refractivity contribution in [1.29, 1.82) is 0 Å². The summed E-state index contributed by atoms with van der Waals surface area (Å²) >= 11 is 0. The van der Waals surface area contributed by atoms with Gasteiger partial charge in [-0.2, -0.15) is 12.7 Å². The Morgan fingerprint density at radius 1 is 0.953 bits per heavy atom. The molecule has 0 bridgehead atoms. The van der Waals surface area contributed by atoms with Crippen molar-refractivity contribution in [2.45, 2.75) is 12.6 Å². The van der Waals surface area contributed by atoms with Crippen molar-refractivity contribution in [3.8, 4) is 11.5 Å². The third-order valence-corrected chi connectivity index (χ3v) is 9.62. The van der Waals surface area contributed by atoms with Crippen molar-refractivity contribution < 1.29 is 23.0 Å². The largest absolute Gasteiger partial charge is 0.492 e. The highest BCUT2D eigenvalue weighted by Gasteiger charge is 2.31. The molecule has 0 amide bonds. The Morgan fingerprint density at radius 2 is 1.72 bits per heavy atom. The van der Waals surface area contributed by atoms with Gasteiger partial charge in [-0.05, 0) is 41.5 Å². The van der Waals surface area contributed by atoms with Gasteiger partial charge >= 0.3 is 10.2 Å². The van der Waals surface area contributed by atoms with E-state index in [9.17, 15) is 13.5 Å². The van der Waals surface area contributed by atoms with E-state index in [1.54, 1.807) is 18.2 Å². The van der Waals surface area contributed by atoms with Crippen molar-refractivity contribution in [2.24, 2.45) is 0 Å². The predicted molar refractivity (Wildman–Crippen MR) is 170 cm³/mol. The molecule has 9 nitrogen and oxygen atoms in total. The fourth-order valence-corrected chi connectivity index (χ4v) is 6.59. The second kappa shape index (κ2) is 12.3. The Bertz CT molecular complexity index is 1820. The van der Waals surface area contributed by atoms with Crippen molar-refractivity contribution in [3.05, 3.63) is 102 Å². The molecule has 0 fully saturated rings. The number of hydrogen-bond acceptors (Lipinski definition) is 6. The number of benzene rings is 4. The first-order valence-electron chi connectivity index (χ1n) is 14.3. The van der Waals surface area contributed by atoms with Crippen LogP contribution in [0.25, 0.3) is 21.8 Å². The van der Waals surface area contributed by atoms with Crippen LogP contribution >= 0.6 is 0 Å². The monoisotopic (exact) mass is 600 g/mol. The molecule has 1 aliphatic rings. The van der Waals surface area contributed by atoms with Crippen LogP contribution in [0, 0.1) is 0 Å². The third kappa shape index (κ3) is 6.18. The maximum Gasteiger partial charge on any atom is 0.303 e. The lowest BCUT2D eigenvalue weighted by molar-refractivity contribution is 0.0986. The molecule has 0 saturated carbocycles. The summed E-state index contributed by atoms with van der Waals surface area (Å²) in [5.41, 5.74) is 4.29. The van der Waals surface area contributed by atoms with Gasteiger partial charge in [-0.3, -0.25) is 9.21 Å². The number of aliphatic hydroxyl groups is 1. The van der Waals surface area contributed by atoms with E-state index in [1.807, 2.05) is 42.5 Å². The molecule has 224 valence electrons. The van der Waals surface area contributed by atoms with Crippen LogP contribution < -0.4 is 13.8 Å². The van der Waals surface area contributed by atoms with Crippen LogP contribution in [0.15, 0.2) is 91.0 Å². The molecule has 0 aliphatic carbocycles. The number of rotatable bonds is 11. The zero-order chi connectivity index (χ0) is 30.0. The molecule has 2 N–H and O–H groups in total. The van der Waals surface area contributed by atoms with E-state index in [-0.39, 0.29) is 13.2 Å². The van der Waals surface area contributed by atoms with Gasteiger partial charge in [0.25, 0.3) is 0 Å². The number of nitrogens with zero attached hydrogens (tertiary/aromatic N) is 3. The molecule has 1 atom stereocenters. The summed E-state index contributed by atoms with van der Waals surface area (Å²) in [7, 11) is -0.694. The van der Waals surface area contributed by atoms with E-state index in [0.717, 1.165) is 27.7 Å². The summed E-state index contributed by atoms with van der Waals surface area (Å²) < 4.78 is 40.4. The number of nitrogens with one attached hydrogen (secondary N) is 1. The number of aromatic nitrogens is 1. The maximum absolute atomic E-state index is 13.0. The topological polar surface area (TPSA) is 98.3 Å². The first kappa shape index (κ1) is 29.0. The zero-order valence-electron chi connectivity index (χ0n) is 24.3. The molecule has 6 rings (SSSR count). The minimum absolute atomic E-state index is 0.203. The number of H-pyrrole nitrogens is 1. The van der Waals surface area contributed by atoms with E-state index >= 15 is 0 Å². The molecule has 43 heavy (non-hydrogen) atoms. The van der Waals surface area contributed by atoms with Gasteiger partial charge in [0.05, 0.1) is 23.9 Å². The van der Waals surface area contributed by atoms with E-state index in [1.165, 1.54) is 28.1 Å². The lowest BCUT2D eigenvalue weighted by atomic mass is 10.1. The molecule has 10 heteroatoms. The van der Waals surface area contributed by atoms with Crippen LogP contribution in [0.3, 0.4) is 0 Å². The Balaban J connectivity index is 1.18. The summed E-state index contributed by atoms with van der Waals surface area (Å²) in [4.78, 5) is 5.60. The van der Waals surface area contributed by atoms with E-state index in [4.69, 9.17) is 9.47 Å². The fourth-order valence-electron chi connectivity index (χ4n) is 5.50. The van der Waals surface area contributed by atoms with Gasteiger partial charge in [-0.1, -0.05) is 54.6 Å². The number of hydrogen-bond donors (Lipinski definition) is 2. The number of aliphatic hydroxyl groups excluding tert-OH is 1. The first-order valence-corrected chi connectivity index (χ1v) is 15.7. The number of fused-ring (bicyclic) bond motifs is 4. The summed E-state index contributed by atoms with van der Waals surface area (Å²) in [6, 6.07) is 29.7. The third-order valence-electron chi connectivity index (χ3n) is 7.76. The second-order valence-electron chi connectivity index (χ2n) is 10.9. The Hall–Kier alpha value is -4.09. The lowest BCUT2D eigenvalue weighted by Crippen LogP contribution is -2.44. The molecular weight excluding hydrogens is 564 g/mol. The summed E-state index contributed by atoms with van der Waals surface area (Å²) in [5.74, 6) is 1.25. The predicted octanol–water partition coefficient (Wildman–Crippen LogP) is 4.94. The standard InChI is InChI=1S/C33H36N4O5S/c1-35(2)43(39,40)37-17-19-42-33-15-12-25(20-31(33)37)32(38)23-36(22-24-8-4-3-5-9-24)16-18-41-26-13-14-28-27-10-6-7-11-29(27)34-30(28)21-26/h3-15,20-21,32,34,38H,16-19,22-23H2,1-2H3. The van der Waals surface area contributed by atoms with Crippen LogP contribution in [-0.2, 0) is 16.8 Å². The van der Waals surface area contributed by atoms with Gasteiger partial charge in [-0.15, -0.1) is 0 Å². The highest BCUT2D eigenvalue weighted by Crippen LogP contribution is 2.36. The minimum Gasteiger partial charge on any atom is -0.492 e. The van der Waals surface area contributed by atoms with Crippen LogP contribution in [0.2, 0.25) is 0 Å². The lowest BCUT2D eigenvalue weighted by Gasteiger charge is -2.33. The molecule has 0 spiro atoms. The Morgan fingerprint density at radius 3 is 2.53 bits per heavy atom. The van der Waals surface area contributed by atoms with E-state index in [2.05, 4.69) is 40.2 Å². The van der Waals surface area contributed by atoms with E-state index in [0.29, 0.717) is 43.2 Å². The average molecular weight is 601 g/mol. The molecule has 1 unspecified atom stereocenters. The first-order chi connectivity index (χ1) is 20.8. The van der Waals surface area contributed by atoms with Gasteiger partial charge in [-0.25, -0.2) is 0 Å². The molecule has 1 aliphatic heterocycles. The molecule has 1 aromatic heterocycles. The normalized spacial score (nSPS) is 14.3. The number of aromatic amines is 1. The Labute approximate surface area is 252 Å². The highest BCUT2D eigenvalue weighted by atomic mass is 32.2. The zero-order valence-corrected chi connectivity index (χ0v) is 25.1. The molecule has 0 radical (unpaired) electrons. The molecule has 0 saturated heterocycles. The van der Waals surface area contributed by atoms with E-state index < -0.39 is 16.3 Å². The number of ether oxygens (including phenoxy) is 2. The number of para-hydroxylation sites is 1. The second-order valence-corrected chi connectivity index (χ2v) is 13.0. The fraction of sp³-hybridized carbons (Fsp3) is 0.273. The number of anilines is 1.